The number of ether oxygens (including phenoxy) is 1. The molecule has 0 saturated heterocycles. The number of methoxy groups -OCH3 is 1. The molecule has 11 heteroatoms. The Labute approximate surface area is 227 Å². The number of nitrogens with one attached hydrogen (secondary N) is 1. The van der Waals surface area contributed by atoms with Gasteiger partial charge < -0.3 is 15.0 Å². The second-order valence-electron chi connectivity index (χ2n) is 8.32. The Bertz CT molecular complexity index is 1390. The molecule has 1 atom stereocenters. The van der Waals surface area contributed by atoms with E-state index in [1.54, 1.807) is 31.2 Å². The summed E-state index contributed by atoms with van der Waals surface area (Å²) in [5.41, 5.74) is 0.212. The molecule has 0 spiro atoms. The summed E-state index contributed by atoms with van der Waals surface area (Å²) in [4.78, 5) is 27.6. The van der Waals surface area contributed by atoms with Gasteiger partial charge in [-0.05, 0) is 50.2 Å². The Morgan fingerprint density at radius 3 is 2.34 bits per heavy atom. The number of benzene rings is 3. The van der Waals surface area contributed by atoms with Gasteiger partial charge in [-0.1, -0.05) is 48.0 Å². The largest absolute Gasteiger partial charge is 0.495 e. The van der Waals surface area contributed by atoms with Crippen LogP contribution in [0.5, 0.6) is 5.75 Å². The predicted octanol–water partition coefficient (Wildman–Crippen LogP) is 4.24. The van der Waals surface area contributed by atoms with E-state index in [1.165, 1.54) is 62.6 Å². The third-order valence-electron chi connectivity index (χ3n) is 5.84. The van der Waals surface area contributed by atoms with Gasteiger partial charge in [0.25, 0.3) is 10.0 Å². The Morgan fingerprint density at radius 2 is 1.71 bits per heavy atom. The van der Waals surface area contributed by atoms with E-state index in [0.29, 0.717) is 6.54 Å². The molecule has 0 heterocycles. The number of likely N-dealkylation sites (N-methyl/N-ethyl adjacent to an activating group) is 1. The van der Waals surface area contributed by atoms with Gasteiger partial charge in [-0.3, -0.25) is 13.9 Å². The fourth-order valence-electron chi connectivity index (χ4n) is 3.81. The molecular formula is C27H29ClFN3O5S. The highest BCUT2D eigenvalue weighted by Gasteiger charge is 2.34. The van der Waals surface area contributed by atoms with Crippen molar-refractivity contribution in [3.05, 3.63) is 89.2 Å². The first-order valence-electron chi connectivity index (χ1n) is 11.8. The highest BCUT2D eigenvalue weighted by Crippen LogP contribution is 2.35. The van der Waals surface area contributed by atoms with Gasteiger partial charge in [0.15, 0.2) is 0 Å². The summed E-state index contributed by atoms with van der Waals surface area (Å²) in [5, 5.41) is 2.87. The van der Waals surface area contributed by atoms with Crippen molar-refractivity contribution in [2.24, 2.45) is 0 Å². The molecular weight excluding hydrogens is 533 g/mol. The Morgan fingerprint density at radius 1 is 1.05 bits per heavy atom. The minimum atomic E-state index is -4.30. The average molecular weight is 562 g/mol. The molecule has 0 fully saturated rings. The molecule has 0 radical (unpaired) electrons. The molecule has 0 saturated carbocycles. The minimum Gasteiger partial charge on any atom is -0.495 e. The summed E-state index contributed by atoms with van der Waals surface area (Å²) in [6.45, 7) is 2.59. The SMILES string of the molecule is CCNC(=O)[C@H](C)N(Cc1ccccc1F)C(=O)CN(c1cc(Cl)ccc1OC)S(=O)(=O)c1ccccc1. The van der Waals surface area contributed by atoms with Gasteiger partial charge in [-0.25, -0.2) is 12.8 Å². The van der Waals surface area contributed by atoms with E-state index in [9.17, 15) is 22.4 Å². The zero-order valence-corrected chi connectivity index (χ0v) is 22.8. The zero-order valence-electron chi connectivity index (χ0n) is 21.2. The lowest BCUT2D eigenvalue weighted by Gasteiger charge is -2.32. The quantitative estimate of drug-likeness (QED) is 0.378. The van der Waals surface area contributed by atoms with Crippen molar-refractivity contribution in [2.75, 3.05) is 24.5 Å². The van der Waals surface area contributed by atoms with E-state index >= 15 is 0 Å². The number of nitrogens with zero attached hydrogens (tertiary/aromatic N) is 2. The number of rotatable bonds is 11. The topological polar surface area (TPSA) is 96.0 Å². The molecule has 3 rings (SSSR count). The van der Waals surface area contributed by atoms with Crippen LogP contribution < -0.4 is 14.4 Å². The fraction of sp³-hybridized carbons (Fsp3) is 0.259. The Kier molecular flexibility index (Phi) is 9.71. The van der Waals surface area contributed by atoms with Crippen LogP contribution in [0.1, 0.15) is 19.4 Å². The van der Waals surface area contributed by atoms with E-state index in [2.05, 4.69) is 5.32 Å². The number of carbonyl (C=O) groups excluding carboxylic acids is 2. The zero-order chi connectivity index (χ0) is 27.9. The first kappa shape index (κ1) is 28.9. The van der Waals surface area contributed by atoms with Crippen LogP contribution in [0.25, 0.3) is 0 Å². The number of sulfonamides is 1. The first-order chi connectivity index (χ1) is 18.1. The number of halogens is 2. The first-order valence-corrected chi connectivity index (χ1v) is 13.6. The van der Waals surface area contributed by atoms with Crippen LogP contribution in [0.15, 0.2) is 77.7 Å². The highest BCUT2D eigenvalue weighted by molar-refractivity contribution is 7.92. The molecule has 0 aliphatic heterocycles. The highest BCUT2D eigenvalue weighted by atomic mass is 35.5. The smallest absolute Gasteiger partial charge is 0.264 e. The standard InChI is InChI=1S/C27H29ClFN3O5S/c1-4-30-27(34)19(2)31(17-20-10-8-9-13-23(20)29)26(33)18-32(24-16-21(28)14-15-25(24)37-3)38(35,36)22-11-6-5-7-12-22/h5-16,19H,4,17-18H2,1-3H3,(H,30,34)/t19-/m0/s1. The number of hydrogen-bond acceptors (Lipinski definition) is 5. The Balaban J connectivity index is 2.10. The maximum Gasteiger partial charge on any atom is 0.264 e. The molecule has 2 amide bonds. The van der Waals surface area contributed by atoms with Crippen LogP contribution >= 0.6 is 11.6 Å². The second-order valence-corrected chi connectivity index (χ2v) is 10.6. The molecule has 3 aromatic carbocycles. The van der Waals surface area contributed by atoms with Crippen LogP contribution in [0.2, 0.25) is 5.02 Å². The second kappa shape index (κ2) is 12.7. The molecule has 8 nitrogen and oxygen atoms in total. The van der Waals surface area contributed by atoms with E-state index in [0.717, 1.165) is 9.21 Å². The molecule has 0 unspecified atom stereocenters. The maximum absolute atomic E-state index is 14.5. The number of carbonyl (C=O) groups is 2. The third-order valence-corrected chi connectivity index (χ3v) is 7.85. The summed E-state index contributed by atoms with van der Waals surface area (Å²) in [6, 6.07) is 16.8. The molecule has 0 aromatic heterocycles. The van der Waals surface area contributed by atoms with Crippen LogP contribution in [0.4, 0.5) is 10.1 Å². The van der Waals surface area contributed by atoms with Crippen molar-refractivity contribution in [2.45, 2.75) is 31.3 Å². The molecule has 0 bridgehead atoms. The summed E-state index contributed by atoms with van der Waals surface area (Å²) in [5.74, 6) is -1.58. The van der Waals surface area contributed by atoms with Crippen molar-refractivity contribution in [3.8, 4) is 5.75 Å². The van der Waals surface area contributed by atoms with Crippen LogP contribution in [-0.4, -0.2) is 51.4 Å². The van der Waals surface area contributed by atoms with E-state index in [1.807, 2.05) is 0 Å². The summed E-state index contributed by atoms with van der Waals surface area (Å²) in [7, 11) is -2.93. The van der Waals surface area contributed by atoms with Crippen molar-refractivity contribution in [1.29, 1.82) is 0 Å². The normalized spacial score (nSPS) is 11.9. The fourth-order valence-corrected chi connectivity index (χ4v) is 5.41. The molecule has 0 aliphatic rings. The maximum atomic E-state index is 14.5. The summed E-state index contributed by atoms with van der Waals surface area (Å²) < 4.78 is 48.4. The molecule has 38 heavy (non-hydrogen) atoms. The summed E-state index contributed by atoms with van der Waals surface area (Å²) in [6.07, 6.45) is 0. The lowest BCUT2D eigenvalue weighted by molar-refractivity contribution is -0.139. The third kappa shape index (κ3) is 6.62. The monoisotopic (exact) mass is 561 g/mol. The van der Waals surface area contributed by atoms with Crippen molar-refractivity contribution >= 4 is 39.1 Å². The van der Waals surface area contributed by atoms with Gasteiger partial charge in [0, 0.05) is 23.7 Å². The van der Waals surface area contributed by atoms with Crippen LogP contribution in [0.3, 0.4) is 0 Å². The van der Waals surface area contributed by atoms with Crippen molar-refractivity contribution in [1.82, 2.24) is 10.2 Å². The van der Waals surface area contributed by atoms with E-state index < -0.39 is 40.2 Å². The van der Waals surface area contributed by atoms with Gasteiger partial charge >= 0.3 is 0 Å². The number of anilines is 1. The number of hydrogen-bond donors (Lipinski definition) is 1. The van der Waals surface area contributed by atoms with Gasteiger partial charge in [0.1, 0.15) is 24.2 Å². The van der Waals surface area contributed by atoms with Crippen molar-refractivity contribution in [3.63, 3.8) is 0 Å². The van der Waals surface area contributed by atoms with Crippen LogP contribution in [-0.2, 0) is 26.2 Å². The van der Waals surface area contributed by atoms with Crippen LogP contribution in [0, 0.1) is 5.82 Å². The molecule has 202 valence electrons. The van der Waals surface area contributed by atoms with Gasteiger partial charge in [-0.2, -0.15) is 0 Å². The van der Waals surface area contributed by atoms with E-state index in [4.69, 9.17) is 16.3 Å². The van der Waals surface area contributed by atoms with E-state index in [-0.39, 0.29) is 33.5 Å². The van der Waals surface area contributed by atoms with Gasteiger partial charge in [-0.15, -0.1) is 0 Å². The predicted molar refractivity (Wildman–Crippen MR) is 144 cm³/mol. The summed E-state index contributed by atoms with van der Waals surface area (Å²) >= 11 is 6.20. The van der Waals surface area contributed by atoms with Crippen molar-refractivity contribution < 1.29 is 27.1 Å². The van der Waals surface area contributed by atoms with Gasteiger partial charge in [0.2, 0.25) is 11.8 Å². The molecule has 0 aliphatic carbocycles. The Hall–Kier alpha value is -3.63. The average Bonchev–Trinajstić information content (AvgIpc) is 2.91. The molecule has 3 aromatic rings. The van der Waals surface area contributed by atoms with Gasteiger partial charge in [0.05, 0.1) is 17.7 Å². The lowest BCUT2D eigenvalue weighted by atomic mass is 10.1. The lowest BCUT2D eigenvalue weighted by Crippen LogP contribution is -2.51. The number of amides is 2. The molecule has 1 N–H and O–H groups in total. The minimum absolute atomic E-state index is 0.0358.